The van der Waals surface area contributed by atoms with Crippen LogP contribution in [0.3, 0.4) is 0 Å². The lowest BCUT2D eigenvalue weighted by atomic mass is 10.0. The lowest BCUT2D eigenvalue weighted by molar-refractivity contribution is 1.17. The Bertz CT molecular complexity index is 514. The normalized spacial score (nSPS) is 9.53. The van der Waals surface area contributed by atoms with Gasteiger partial charge in [0.1, 0.15) is 6.33 Å². The maximum atomic E-state index is 8.96. The summed E-state index contributed by atoms with van der Waals surface area (Å²) in [6, 6.07) is 9.04. The van der Waals surface area contributed by atoms with Gasteiger partial charge in [0.05, 0.1) is 17.3 Å². The fourth-order valence-corrected chi connectivity index (χ4v) is 1.39. The highest BCUT2D eigenvalue weighted by Gasteiger charge is 2.08. The molecule has 0 spiro atoms. The van der Waals surface area contributed by atoms with E-state index in [0.29, 0.717) is 22.5 Å². The number of nitrogen functional groups attached to an aromatic ring is 1. The van der Waals surface area contributed by atoms with Crippen molar-refractivity contribution >= 4 is 5.69 Å². The summed E-state index contributed by atoms with van der Waals surface area (Å²) in [5, 5.41) is 8.96. The number of nitriles is 1. The van der Waals surface area contributed by atoms with E-state index < -0.39 is 0 Å². The molecule has 1 heterocycles. The van der Waals surface area contributed by atoms with Crippen molar-refractivity contribution in [3.8, 4) is 17.3 Å². The van der Waals surface area contributed by atoms with E-state index in [2.05, 4.69) is 16.0 Å². The Balaban J connectivity index is 2.68. The van der Waals surface area contributed by atoms with Crippen molar-refractivity contribution in [3.05, 3.63) is 42.4 Å². The van der Waals surface area contributed by atoms with E-state index in [0.717, 1.165) is 0 Å². The number of rotatable bonds is 1. The van der Waals surface area contributed by atoms with Gasteiger partial charge in [-0.3, -0.25) is 0 Å². The fraction of sp³-hybridized carbons (Fsp3) is 0. The molecule has 0 radical (unpaired) electrons. The zero-order chi connectivity index (χ0) is 10.7. The van der Waals surface area contributed by atoms with Crippen LogP contribution < -0.4 is 5.73 Å². The van der Waals surface area contributed by atoms with Crippen LogP contribution in [-0.4, -0.2) is 9.97 Å². The molecule has 0 saturated heterocycles. The molecule has 2 rings (SSSR count). The van der Waals surface area contributed by atoms with Crippen LogP contribution in [0.1, 0.15) is 5.56 Å². The standard InChI is InChI=1S/C11H8N4/c12-6-8-2-1-3-9(13)11(8)10-4-5-14-7-15-10/h1-5,7H,13H2. The topological polar surface area (TPSA) is 75.6 Å². The number of hydrogen-bond donors (Lipinski definition) is 1. The van der Waals surface area contributed by atoms with Gasteiger partial charge in [-0.1, -0.05) is 6.07 Å². The summed E-state index contributed by atoms with van der Waals surface area (Å²) in [5.41, 5.74) is 8.22. The van der Waals surface area contributed by atoms with Crippen LogP contribution in [0.25, 0.3) is 11.3 Å². The Labute approximate surface area is 87.0 Å². The summed E-state index contributed by atoms with van der Waals surface area (Å²) in [7, 11) is 0. The molecule has 0 bridgehead atoms. The van der Waals surface area contributed by atoms with E-state index in [-0.39, 0.29) is 0 Å². The predicted molar refractivity (Wildman–Crippen MR) is 56.6 cm³/mol. The molecule has 1 aromatic carbocycles. The second-order valence-corrected chi connectivity index (χ2v) is 2.98. The van der Waals surface area contributed by atoms with Crippen LogP contribution in [0.5, 0.6) is 0 Å². The molecule has 0 aliphatic heterocycles. The number of nitrogens with two attached hydrogens (primary N) is 1. The third-order valence-corrected chi connectivity index (χ3v) is 2.06. The molecular formula is C11H8N4. The number of anilines is 1. The molecule has 0 unspecified atom stereocenters. The third kappa shape index (κ3) is 1.63. The van der Waals surface area contributed by atoms with Crippen molar-refractivity contribution in [3.63, 3.8) is 0 Å². The second kappa shape index (κ2) is 3.76. The lowest BCUT2D eigenvalue weighted by Gasteiger charge is -2.05. The summed E-state index contributed by atoms with van der Waals surface area (Å²) >= 11 is 0. The predicted octanol–water partition coefficient (Wildman–Crippen LogP) is 1.60. The van der Waals surface area contributed by atoms with Crippen LogP contribution in [0, 0.1) is 11.3 Å². The number of benzene rings is 1. The van der Waals surface area contributed by atoms with Crippen molar-refractivity contribution < 1.29 is 0 Å². The first kappa shape index (κ1) is 9.16. The number of hydrogen-bond acceptors (Lipinski definition) is 4. The van der Waals surface area contributed by atoms with Gasteiger partial charge in [0.2, 0.25) is 0 Å². The van der Waals surface area contributed by atoms with Gasteiger partial charge in [-0.05, 0) is 18.2 Å². The Morgan fingerprint density at radius 2 is 2.13 bits per heavy atom. The Kier molecular flexibility index (Phi) is 2.30. The summed E-state index contributed by atoms with van der Waals surface area (Å²) in [6.45, 7) is 0. The summed E-state index contributed by atoms with van der Waals surface area (Å²) in [6.07, 6.45) is 3.05. The van der Waals surface area contributed by atoms with E-state index in [1.165, 1.54) is 6.33 Å². The average Bonchev–Trinajstić information content (AvgIpc) is 2.29. The van der Waals surface area contributed by atoms with Gasteiger partial charge in [0, 0.05) is 17.4 Å². The molecule has 15 heavy (non-hydrogen) atoms. The summed E-state index contributed by atoms with van der Waals surface area (Å²) in [4.78, 5) is 7.90. The maximum absolute atomic E-state index is 8.96. The minimum Gasteiger partial charge on any atom is -0.398 e. The van der Waals surface area contributed by atoms with E-state index in [1.807, 2.05) is 0 Å². The minimum atomic E-state index is 0.522. The number of nitrogens with zero attached hydrogens (tertiary/aromatic N) is 3. The first-order valence-corrected chi connectivity index (χ1v) is 4.38. The molecule has 0 amide bonds. The zero-order valence-corrected chi connectivity index (χ0v) is 7.88. The van der Waals surface area contributed by atoms with E-state index in [1.54, 1.807) is 30.5 Å². The molecule has 0 saturated carbocycles. The summed E-state index contributed by atoms with van der Waals surface area (Å²) in [5.74, 6) is 0. The van der Waals surface area contributed by atoms with Crippen molar-refractivity contribution in [2.24, 2.45) is 0 Å². The van der Waals surface area contributed by atoms with Crippen LogP contribution in [0.4, 0.5) is 5.69 Å². The van der Waals surface area contributed by atoms with E-state index in [4.69, 9.17) is 11.0 Å². The van der Waals surface area contributed by atoms with Gasteiger partial charge in [-0.15, -0.1) is 0 Å². The Morgan fingerprint density at radius 3 is 2.80 bits per heavy atom. The van der Waals surface area contributed by atoms with Crippen LogP contribution >= 0.6 is 0 Å². The Hall–Kier alpha value is -2.41. The minimum absolute atomic E-state index is 0.522. The van der Waals surface area contributed by atoms with E-state index >= 15 is 0 Å². The van der Waals surface area contributed by atoms with Gasteiger partial charge >= 0.3 is 0 Å². The highest BCUT2D eigenvalue weighted by atomic mass is 14.8. The largest absolute Gasteiger partial charge is 0.398 e. The van der Waals surface area contributed by atoms with Crippen LogP contribution in [0.15, 0.2) is 36.8 Å². The molecular weight excluding hydrogens is 188 g/mol. The molecule has 4 heteroatoms. The second-order valence-electron chi connectivity index (χ2n) is 2.98. The van der Waals surface area contributed by atoms with Crippen molar-refractivity contribution in [2.45, 2.75) is 0 Å². The molecule has 2 aromatic rings. The van der Waals surface area contributed by atoms with Gasteiger partial charge in [0.15, 0.2) is 0 Å². The molecule has 0 fully saturated rings. The van der Waals surface area contributed by atoms with Gasteiger partial charge < -0.3 is 5.73 Å². The smallest absolute Gasteiger partial charge is 0.116 e. The highest BCUT2D eigenvalue weighted by Crippen LogP contribution is 2.26. The first-order valence-electron chi connectivity index (χ1n) is 4.38. The fourth-order valence-electron chi connectivity index (χ4n) is 1.39. The molecule has 1 aromatic heterocycles. The SMILES string of the molecule is N#Cc1cccc(N)c1-c1ccncn1. The van der Waals surface area contributed by atoms with Crippen LogP contribution in [0.2, 0.25) is 0 Å². The zero-order valence-electron chi connectivity index (χ0n) is 7.88. The lowest BCUT2D eigenvalue weighted by Crippen LogP contribution is -1.95. The van der Waals surface area contributed by atoms with E-state index in [9.17, 15) is 0 Å². The van der Waals surface area contributed by atoms with Crippen molar-refractivity contribution in [2.75, 3.05) is 5.73 Å². The number of aromatic nitrogens is 2. The average molecular weight is 196 g/mol. The first-order chi connectivity index (χ1) is 7.33. The monoisotopic (exact) mass is 196 g/mol. The van der Waals surface area contributed by atoms with Gasteiger partial charge in [-0.25, -0.2) is 9.97 Å². The van der Waals surface area contributed by atoms with Gasteiger partial charge in [-0.2, -0.15) is 5.26 Å². The van der Waals surface area contributed by atoms with Gasteiger partial charge in [0.25, 0.3) is 0 Å². The van der Waals surface area contributed by atoms with Crippen molar-refractivity contribution in [1.29, 1.82) is 5.26 Å². The van der Waals surface area contributed by atoms with Crippen LogP contribution in [-0.2, 0) is 0 Å². The quantitative estimate of drug-likeness (QED) is 0.703. The third-order valence-electron chi connectivity index (χ3n) is 2.06. The molecule has 0 aliphatic rings. The molecule has 0 atom stereocenters. The summed E-state index contributed by atoms with van der Waals surface area (Å²) < 4.78 is 0. The molecule has 0 aliphatic carbocycles. The van der Waals surface area contributed by atoms with Crippen molar-refractivity contribution in [1.82, 2.24) is 9.97 Å². The molecule has 4 nitrogen and oxygen atoms in total. The maximum Gasteiger partial charge on any atom is 0.116 e. The Morgan fingerprint density at radius 1 is 1.27 bits per heavy atom. The molecule has 72 valence electrons. The molecule has 2 N–H and O–H groups in total. The highest BCUT2D eigenvalue weighted by molar-refractivity contribution is 5.79.